The summed E-state index contributed by atoms with van der Waals surface area (Å²) < 4.78 is 0. The minimum Gasteiger partial charge on any atom is -0.343 e. The van der Waals surface area contributed by atoms with Crippen LogP contribution in [0.2, 0.25) is 0 Å². The van der Waals surface area contributed by atoms with Crippen molar-refractivity contribution in [2.45, 2.75) is 58.3 Å². The maximum Gasteiger partial charge on any atom is 0.222 e. The van der Waals surface area contributed by atoms with Crippen molar-refractivity contribution in [1.82, 2.24) is 9.80 Å². The van der Waals surface area contributed by atoms with Gasteiger partial charge in [0.05, 0.1) is 0 Å². The molecule has 0 unspecified atom stereocenters. The van der Waals surface area contributed by atoms with E-state index < -0.39 is 0 Å². The van der Waals surface area contributed by atoms with Crippen LogP contribution in [0.5, 0.6) is 0 Å². The van der Waals surface area contributed by atoms with Crippen LogP contribution in [0.15, 0.2) is 25.3 Å². The highest BCUT2D eigenvalue weighted by atomic mass is 16.2. The summed E-state index contributed by atoms with van der Waals surface area (Å²) in [6.45, 7) is 12.8. The number of amides is 2. The van der Waals surface area contributed by atoms with E-state index in [0.717, 1.165) is 64.7 Å². The second-order valence-corrected chi connectivity index (χ2v) is 6.59. The average Bonchev–Trinajstić information content (AvgIpc) is 2.61. The number of rotatable bonds is 11. The summed E-state index contributed by atoms with van der Waals surface area (Å²) in [6.07, 6.45) is 10.7. The lowest BCUT2D eigenvalue weighted by Gasteiger charge is -2.32. The molecule has 0 aliphatic carbocycles. The first-order chi connectivity index (χ1) is 11.6. The summed E-state index contributed by atoms with van der Waals surface area (Å²) in [5.74, 6) is 1.19. The van der Waals surface area contributed by atoms with Gasteiger partial charge >= 0.3 is 0 Å². The second-order valence-electron chi connectivity index (χ2n) is 6.59. The van der Waals surface area contributed by atoms with Crippen molar-refractivity contribution in [1.29, 1.82) is 0 Å². The first-order valence-electron chi connectivity index (χ1n) is 9.39. The van der Waals surface area contributed by atoms with Crippen molar-refractivity contribution in [2.24, 2.45) is 5.92 Å². The normalized spacial score (nSPS) is 15.1. The molecule has 1 aliphatic heterocycles. The number of carbonyl (C=O) groups excluding carboxylic acids is 2. The summed E-state index contributed by atoms with van der Waals surface area (Å²) in [5.41, 5.74) is 0. The SMILES string of the molecule is C=CCCC(=O)N(CC)CCCC1CCN(C(=O)CCC=C)CC1. The molecule has 0 atom stereocenters. The fourth-order valence-corrected chi connectivity index (χ4v) is 3.27. The smallest absolute Gasteiger partial charge is 0.222 e. The van der Waals surface area contributed by atoms with Crippen molar-refractivity contribution < 1.29 is 9.59 Å². The van der Waals surface area contributed by atoms with Gasteiger partial charge in [0.2, 0.25) is 11.8 Å². The fraction of sp³-hybridized carbons (Fsp3) is 0.700. The topological polar surface area (TPSA) is 40.6 Å². The van der Waals surface area contributed by atoms with Crippen LogP contribution >= 0.6 is 0 Å². The minimum atomic E-state index is 0.236. The Kier molecular flexibility index (Phi) is 10.1. The zero-order valence-electron chi connectivity index (χ0n) is 15.3. The van der Waals surface area contributed by atoms with Gasteiger partial charge in [0.1, 0.15) is 0 Å². The Morgan fingerprint density at radius 3 is 2.33 bits per heavy atom. The summed E-state index contributed by atoms with van der Waals surface area (Å²) in [7, 11) is 0. The number of hydrogen-bond acceptors (Lipinski definition) is 2. The highest BCUT2D eigenvalue weighted by Crippen LogP contribution is 2.22. The molecule has 1 fully saturated rings. The summed E-state index contributed by atoms with van der Waals surface area (Å²) >= 11 is 0. The molecule has 1 aliphatic rings. The molecule has 0 bridgehead atoms. The zero-order chi connectivity index (χ0) is 17.8. The number of allylic oxidation sites excluding steroid dienone is 2. The predicted molar refractivity (Wildman–Crippen MR) is 99.7 cm³/mol. The Hall–Kier alpha value is -1.58. The number of carbonyl (C=O) groups is 2. The van der Waals surface area contributed by atoms with Crippen molar-refractivity contribution >= 4 is 11.8 Å². The molecule has 0 spiro atoms. The summed E-state index contributed by atoms with van der Waals surface area (Å²) in [6, 6.07) is 0. The first kappa shape index (κ1) is 20.5. The molecule has 1 rings (SSSR count). The third-order valence-corrected chi connectivity index (χ3v) is 4.87. The molecule has 136 valence electrons. The molecule has 1 saturated heterocycles. The molecule has 4 heteroatoms. The number of nitrogens with zero attached hydrogens (tertiary/aromatic N) is 2. The largest absolute Gasteiger partial charge is 0.343 e. The van der Waals surface area contributed by atoms with Crippen LogP contribution in [-0.4, -0.2) is 47.8 Å². The zero-order valence-corrected chi connectivity index (χ0v) is 15.3. The van der Waals surface area contributed by atoms with Crippen LogP contribution in [0.1, 0.15) is 58.3 Å². The highest BCUT2D eigenvalue weighted by Gasteiger charge is 2.22. The Balaban J connectivity index is 2.22. The van der Waals surface area contributed by atoms with E-state index in [1.807, 2.05) is 16.7 Å². The van der Waals surface area contributed by atoms with E-state index in [1.54, 1.807) is 12.2 Å². The quantitative estimate of drug-likeness (QED) is 0.539. The molecular formula is C20H34N2O2. The molecule has 0 aromatic carbocycles. The van der Waals surface area contributed by atoms with Crippen LogP contribution in [0.3, 0.4) is 0 Å². The number of piperidine rings is 1. The highest BCUT2D eigenvalue weighted by molar-refractivity contribution is 5.76. The third kappa shape index (κ3) is 7.33. The van der Waals surface area contributed by atoms with Gasteiger partial charge in [0, 0.05) is 39.0 Å². The standard InChI is InChI=1S/C20H34N2O2/c1-4-7-11-19(23)21(6-3)15-9-10-18-13-16-22(17-14-18)20(24)12-8-5-2/h4-5,18H,1-2,6-17H2,3H3. The van der Waals surface area contributed by atoms with E-state index >= 15 is 0 Å². The van der Waals surface area contributed by atoms with Crippen molar-refractivity contribution in [3.8, 4) is 0 Å². The fourth-order valence-electron chi connectivity index (χ4n) is 3.27. The van der Waals surface area contributed by atoms with Crippen LogP contribution in [0, 0.1) is 5.92 Å². The first-order valence-corrected chi connectivity index (χ1v) is 9.39. The van der Waals surface area contributed by atoms with Crippen LogP contribution in [0.25, 0.3) is 0 Å². The van der Waals surface area contributed by atoms with Crippen molar-refractivity contribution in [3.05, 3.63) is 25.3 Å². The second kappa shape index (κ2) is 11.9. The number of hydrogen-bond donors (Lipinski definition) is 0. The molecule has 0 N–H and O–H groups in total. The summed E-state index contributed by atoms with van der Waals surface area (Å²) in [4.78, 5) is 28.0. The van der Waals surface area contributed by atoms with Gasteiger partial charge in [-0.3, -0.25) is 9.59 Å². The molecule has 0 aromatic rings. The van der Waals surface area contributed by atoms with E-state index in [2.05, 4.69) is 13.2 Å². The van der Waals surface area contributed by atoms with Gasteiger partial charge in [0.25, 0.3) is 0 Å². The molecule has 1 heterocycles. The van der Waals surface area contributed by atoms with E-state index in [1.165, 1.54) is 0 Å². The molecule has 4 nitrogen and oxygen atoms in total. The maximum atomic E-state index is 12.0. The van der Waals surface area contributed by atoms with Gasteiger partial charge in [-0.25, -0.2) is 0 Å². The van der Waals surface area contributed by atoms with E-state index in [-0.39, 0.29) is 11.8 Å². The third-order valence-electron chi connectivity index (χ3n) is 4.87. The summed E-state index contributed by atoms with van der Waals surface area (Å²) in [5, 5.41) is 0. The van der Waals surface area contributed by atoms with E-state index in [4.69, 9.17) is 0 Å². The molecule has 0 radical (unpaired) electrons. The van der Waals surface area contributed by atoms with Crippen molar-refractivity contribution in [2.75, 3.05) is 26.2 Å². The molecule has 24 heavy (non-hydrogen) atoms. The van der Waals surface area contributed by atoms with E-state index in [9.17, 15) is 9.59 Å². The van der Waals surface area contributed by atoms with Gasteiger partial charge in [-0.1, -0.05) is 12.2 Å². The van der Waals surface area contributed by atoms with Crippen LogP contribution < -0.4 is 0 Å². The van der Waals surface area contributed by atoms with Gasteiger partial charge in [0.15, 0.2) is 0 Å². The molecule has 2 amide bonds. The monoisotopic (exact) mass is 334 g/mol. The van der Waals surface area contributed by atoms with Gasteiger partial charge in [-0.15, -0.1) is 13.2 Å². The maximum absolute atomic E-state index is 12.0. The Morgan fingerprint density at radius 1 is 1.12 bits per heavy atom. The Labute approximate surface area is 147 Å². The predicted octanol–water partition coefficient (Wildman–Crippen LogP) is 3.79. The molecule has 0 saturated carbocycles. The Morgan fingerprint density at radius 2 is 1.75 bits per heavy atom. The van der Waals surface area contributed by atoms with Gasteiger partial charge in [-0.05, 0) is 51.4 Å². The molecule has 0 aromatic heterocycles. The average molecular weight is 335 g/mol. The van der Waals surface area contributed by atoms with Crippen LogP contribution in [-0.2, 0) is 9.59 Å². The minimum absolute atomic E-state index is 0.236. The van der Waals surface area contributed by atoms with Crippen molar-refractivity contribution in [3.63, 3.8) is 0 Å². The van der Waals surface area contributed by atoms with Gasteiger partial charge in [-0.2, -0.15) is 0 Å². The van der Waals surface area contributed by atoms with Gasteiger partial charge < -0.3 is 9.80 Å². The lowest BCUT2D eigenvalue weighted by Crippen LogP contribution is -2.38. The lowest BCUT2D eigenvalue weighted by molar-refractivity contribution is -0.133. The van der Waals surface area contributed by atoms with E-state index in [0.29, 0.717) is 18.8 Å². The Bertz CT molecular complexity index is 412. The lowest BCUT2D eigenvalue weighted by atomic mass is 9.92. The number of likely N-dealkylation sites (tertiary alicyclic amines) is 1. The molecular weight excluding hydrogens is 300 g/mol. The van der Waals surface area contributed by atoms with Crippen LogP contribution in [0.4, 0.5) is 0 Å².